The first kappa shape index (κ1) is 37.1. The van der Waals surface area contributed by atoms with Gasteiger partial charge in [-0.05, 0) is 0 Å². The van der Waals surface area contributed by atoms with Gasteiger partial charge >= 0.3 is 0 Å². The van der Waals surface area contributed by atoms with Crippen molar-refractivity contribution < 1.29 is 79.3 Å². The fraction of sp³-hybridized carbons (Fsp3) is 0.875. The van der Waals surface area contributed by atoms with Crippen molar-refractivity contribution in [1.82, 2.24) is 16.0 Å². The van der Waals surface area contributed by atoms with Crippen molar-refractivity contribution in [3.8, 4) is 0 Å². The van der Waals surface area contributed by atoms with Crippen molar-refractivity contribution in [3.05, 3.63) is 0 Å². The lowest BCUT2D eigenvalue weighted by molar-refractivity contribution is -0.340. The predicted octanol–water partition coefficient (Wildman–Crippen LogP) is -7.51. The summed E-state index contributed by atoms with van der Waals surface area (Å²) in [7, 11) is 0. The number of hydrogen-bond donors (Lipinski definition) is 12. The van der Waals surface area contributed by atoms with Crippen LogP contribution in [0.1, 0.15) is 20.8 Å². The van der Waals surface area contributed by atoms with Gasteiger partial charge in [0.25, 0.3) is 0 Å². The van der Waals surface area contributed by atoms with E-state index < -0.39 is 130 Å². The van der Waals surface area contributed by atoms with Crippen molar-refractivity contribution in [2.45, 2.75) is 106 Å². The van der Waals surface area contributed by atoms with E-state index in [-0.39, 0.29) is 0 Å². The van der Waals surface area contributed by atoms with Crippen LogP contribution in [0.2, 0.25) is 0 Å². The fourth-order valence-electron chi connectivity index (χ4n) is 4.87. The summed E-state index contributed by atoms with van der Waals surface area (Å²) < 4.78 is 22.9. The zero-order valence-corrected chi connectivity index (χ0v) is 23.8. The third kappa shape index (κ3) is 9.44. The molecule has 0 aromatic rings. The van der Waals surface area contributed by atoms with E-state index in [1.54, 1.807) is 0 Å². The van der Waals surface area contributed by atoms with Crippen LogP contribution in [0.5, 0.6) is 0 Å². The number of aliphatic hydroxyl groups excluding tert-OH is 9. The Kier molecular flexibility index (Phi) is 14.5. The van der Waals surface area contributed by atoms with Gasteiger partial charge in [0.05, 0.1) is 32.5 Å². The molecule has 0 bridgehead atoms. The van der Waals surface area contributed by atoms with Crippen LogP contribution in [0.15, 0.2) is 0 Å². The van der Waals surface area contributed by atoms with E-state index >= 15 is 0 Å². The molecule has 2 aliphatic rings. The Hall–Kier alpha value is -2.11. The lowest BCUT2D eigenvalue weighted by Crippen LogP contribution is -2.70. The smallest absolute Gasteiger partial charge is 0.217 e. The molecule has 0 aromatic carbocycles. The van der Waals surface area contributed by atoms with Crippen LogP contribution in [0.25, 0.3) is 0 Å². The molecule has 0 saturated carbocycles. The highest BCUT2D eigenvalue weighted by Gasteiger charge is 2.53. The summed E-state index contributed by atoms with van der Waals surface area (Å²) in [5, 5.41) is 98.9. The Morgan fingerprint density at radius 3 is 1.74 bits per heavy atom. The van der Waals surface area contributed by atoms with Crippen LogP contribution in [0, 0.1) is 0 Å². The molecule has 2 fully saturated rings. The van der Waals surface area contributed by atoms with Crippen molar-refractivity contribution in [3.63, 3.8) is 0 Å². The Bertz CT molecular complexity index is 916. The molecule has 2 heterocycles. The SMILES string of the molecule is CC(=O)N[C@@H](CO)[C@@H](OC1O[C@H](CO)[C@@H](OC2O[C@H](CO)[C@H](O)[C@H](O)[C@H]2NC(C)=O)[C@H](O)[C@H]1NC(C)=O)[C@@H](O)[C@H](O)CO. The summed E-state index contributed by atoms with van der Waals surface area (Å²) in [6, 6.07) is -4.39. The lowest BCUT2D eigenvalue weighted by Gasteiger charge is -2.49. The monoisotopic (exact) mass is 629 g/mol. The molecular weight excluding hydrogens is 586 g/mol. The van der Waals surface area contributed by atoms with E-state index in [9.17, 15) is 60.3 Å². The Morgan fingerprint density at radius 1 is 0.744 bits per heavy atom. The third-order valence-electron chi connectivity index (χ3n) is 6.96. The number of rotatable bonds is 14. The van der Waals surface area contributed by atoms with Gasteiger partial charge in [-0.2, -0.15) is 0 Å². The molecule has 3 amide bonds. The maximum absolute atomic E-state index is 12.1. The molecule has 12 N–H and O–H groups in total. The van der Waals surface area contributed by atoms with Gasteiger partial charge in [-0.25, -0.2) is 0 Å². The highest BCUT2D eigenvalue weighted by Crippen LogP contribution is 2.31. The van der Waals surface area contributed by atoms with Gasteiger partial charge in [-0.1, -0.05) is 0 Å². The average Bonchev–Trinajstić information content (AvgIpc) is 2.95. The summed E-state index contributed by atoms with van der Waals surface area (Å²) in [4.78, 5) is 35.6. The highest BCUT2D eigenvalue weighted by atomic mass is 16.7. The zero-order chi connectivity index (χ0) is 32.6. The number of carbonyl (C=O) groups excluding carboxylic acids is 3. The molecule has 2 rings (SSSR count). The van der Waals surface area contributed by atoms with E-state index in [4.69, 9.17) is 18.9 Å². The summed E-state index contributed by atoms with van der Waals surface area (Å²) in [5.41, 5.74) is 0. The first-order chi connectivity index (χ1) is 20.2. The number of amides is 3. The molecule has 14 atom stereocenters. The standard InChI is InChI=1S/C24H43N3O16/c1-8(32)25-11(4-28)21(17(36)12(35)5-29)42-24-16(27-10(3)34)20(39)22(14(7-31)41-24)43-23-15(26-9(2)33)19(38)18(37)13(6-30)40-23/h11-24,28-31,35-39H,4-7H2,1-3H3,(H,25,32)(H,26,33)(H,27,34)/t11-,12+,13+,14+,15+,16+,17-,18-,19+,20+,21+,22+,23?,24?/m0/s1. The molecule has 250 valence electrons. The lowest BCUT2D eigenvalue weighted by atomic mass is 9.94. The number of nitrogens with one attached hydrogen (secondary N) is 3. The molecule has 2 unspecified atom stereocenters. The molecule has 0 aromatic heterocycles. The second kappa shape index (κ2) is 16.8. The minimum atomic E-state index is -1.95. The quantitative estimate of drug-likeness (QED) is 0.0849. The van der Waals surface area contributed by atoms with Crippen molar-refractivity contribution in [1.29, 1.82) is 0 Å². The molecular formula is C24H43N3O16. The van der Waals surface area contributed by atoms with Crippen molar-refractivity contribution in [2.75, 3.05) is 26.4 Å². The van der Waals surface area contributed by atoms with Crippen molar-refractivity contribution in [2.24, 2.45) is 0 Å². The van der Waals surface area contributed by atoms with Crippen LogP contribution in [-0.2, 0) is 33.3 Å². The number of aliphatic hydroxyl groups is 9. The fourth-order valence-corrected chi connectivity index (χ4v) is 4.87. The van der Waals surface area contributed by atoms with E-state index in [1.165, 1.54) is 0 Å². The van der Waals surface area contributed by atoms with Gasteiger partial charge in [0, 0.05) is 20.8 Å². The second-order valence-electron chi connectivity index (χ2n) is 10.3. The van der Waals surface area contributed by atoms with Gasteiger partial charge in [0.15, 0.2) is 12.6 Å². The third-order valence-corrected chi connectivity index (χ3v) is 6.96. The molecule has 43 heavy (non-hydrogen) atoms. The van der Waals surface area contributed by atoms with Crippen LogP contribution < -0.4 is 16.0 Å². The maximum atomic E-state index is 12.1. The molecule has 2 aliphatic heterocycles. The van der Waals surface area contributed by atoms with Crippen LogP contribution in [0.4, 0.5) is 0 Å². The topological polar surface area (TPSA) is 306 Å². The maximum Gasteiger partial charge on any atom is 0.217 e. The molecule has 2 saturated heterocycles. The highest BCUT2D eigenvalue weighted by molar-refractivity contribution is 5.74. The average molecular weight is 630 g/mol. The Balaban J connectivity index is 2.44. The molecule has 19 nitrogen and oxygen atoms in total. The normalized spacial score (nSPS) is 35.7. The Morgan fingerprint density at radius 2 is 1.28 bits per heavy atom. The van der Waals surface area contributed by atoms with Gasteiger partial charge in [0.1, 0.15) is 67.0 Å². The minimum Gasteiger partial charge on any atom is -0.394 e. The van der Waals surface area contributed by atoms with E-state index in [0.717, 1.165) is 20.8 Å². The number of hydrogen-bond acceptors (Lipinski definition) is 16. The number of ether oxygens (including phenoxy) is 4. The van der Waals surface area contributed by atoms with E-state index in [2.05, 4.69) is 16.0 Å². The first-order valence-electron chi connectivity index (χ1n) is 13.5. The van der Waals surface area contributed by atoms with Gasteiger partial charge < -0.3 is 80.9 Å². The van der Waals surface area contributed by atoms with Crippen LogP contribution in [0.3, 0.4) is 0 Å². The second-order valence-corrected chi connectivity index (χ2v) is 10.3. The van der Waals surface area contributed by atoms with Crippen LogP contribution in [-0.4, -0.2) is 176 Å². The first-order valence-corrected chi connectivity index (χ1v) is 13.5. The van der Waals surface area contributed by atoms with E-state index in [1.807, 2.05) is 0 Å². The molecule has 0 spiro atoms. The molecule has 0 radical (unpaired) electrons. The van der Waals surface area contributed by atoms with E-state index in [0.29, 0.717) is 0 Å². The van der Waals surface area contributed by atoms with Gasteiger partial charge in [-0.3, -0.25) is 14.4 Å². The van der Waals surface area contributed by atoms with Gasteiger partial charge in [0.2, 0.25) is 17.7 Å². The minimum absolute atomic E-state index is 0.660. The summed E-state index contributed by atoms with van der Waals surface area (Å²) >= 11 is 0. The summed E-state index contributed by atoms with van der Waals surface area (Å²) in [6.45, 7) is -0.153. The summed E-state index contributed by atoms with van der Waals surface area (Å²) in [6.07, 6.45) is -18.6. The Labute approximate surface area is 246 Å². The van der Waals surface area contributed by atoms with Crippen molar-refractivity contribution >= 4 is 17.7 Å². The number of carbonyl (C=O) groups is 3. The molecule has 0 aliphatic carbocycles. The van der Waals surface area contributed by atoms with Gasteiger partial charge in [-0.15, -0.1) is 0 Å². The largest absolute Gasteiger partial charge is 0.394 e. The van der Waals surface area contributed by atoms with Crippen LogP contribution >= 0.6 is 0 Å². The summed E-state index contributed by atoms with van der Waals surface area (Å²) in [5.74, 6) is -2.05. The molecule has 19 heteroatoms. The zero-order valence-electron chi connectivity index (χ0n) is 23.8. The predicted molar refractivity (Wildman–Crippen MR) is 138 cm³/mol.